The maximum absolute atomic E-state index is 12.3. The van der Waals surface area contributed by atoms with Crippen LogP contribution in [0.25, 0.3) is 6.08 Å². The molecule has 0 N–H and O–H groups in total. The van der Waals surface area contributed by atoms with E-state index in [4.69, 9.17) is 27.9 Å². The summed E-state index contributed by atoms with van der Waals surface area (Å²) in [6, 6.07) is 16.1. The number of hydrogen-bond donors (Lipinski definition) is 0. The molecule has 0 aliphatic rings. The number of ketones is 1. The number of esters is 1. The SMILES string of the molecule is O=C(/C=C/c1ccc(Cl)cc1Cl)c1ccc(OC(=O)c2cccc([N+](=O)[O-])c2)cc1. The van der Waals surface area contributed by atoms with Gasteiger partial charge in [0.05, 0.1) is 10.5 Å². The van der Waals surface area contributed by atoms with Crippen LogP contribution in [0.2, 0.25) is 10.0 Å². The maximum atomic E-state index is 12.3. The van der Waals surface area contributed by atoms with Crippen molar-refractivity contribution >= 4 is 46.7 Å². The summed E-state index contributed by atoms with van der Waals surface area (Å²) < 4.78 is 5.21. The summed E-state index contributed by atoms with van der Waals surface area (Å²) in [5.41, 5.74) is 0.869. The maximum Gasteiger partial charge on any atom is 0.343 e. The fourth-order valence-electron chi connectivity index (χ4n) is 2.50. The number of allylic oxidation sites excluding steroid dienone is 1. The van der Waals surface area contributed by atoms with Crippen LogP contribution in [0.1, 0.15) is 26.3 Å². The Morgan fingerprint density at radius 1 is 0.933 bits per heavy atom. The molecule has 3 rings (SSSR count). The van der Waals surface area contributed by atoms with Gasteiger partial charge in [-0.15, -0.1) is 0 Å². The van der Waals surface area contributed by atoms with Crippen molar-refractivity contribution in [3.05, 3.63) is 110 Å². The van der Waals surface area contributed by atoms with E-state index in [-0.39, 0.29) is 22.8 Å². The topological polar surface area (TPSA) is 86.5 Å². The van der Waals surface area contributed by atoms with E-state index in [1.54, 1.807) is 24.3 Å². The number of rotatable bonds is 6. The van der Waals surface area contributed by atoms with Crippen LogP contribution in [0.4, 0.5) is 5.69 Å². The second kappa shape index (κ2) is 9.35. The first-order valence-electron chi connectivity index (χ1n) is 8.57. The average molecular weight is 442 g/mol. The highest BCUT2D eigenvalue weighted by Gasteiger charge is 2.14. The third kappa shape index (κ3) is 5.31. The monoisotopic (exact) mass is 441 g/mol. The predicted octanol–water partition coefficient (Wildman–Crippen LogP) is 6.02. The molecule has 0 heterocycles. The Kier molecular flexibility index (Phi) is 6.61. The van der Waals surface area contributed by atoms with E-state index in [2.05, 4.69) is 0 Å². The van der Waals surface area contributed by atoms with Crippen LogP contribution in [0.15, 0.2) is 72.8 Å². The van der Waals surface area contributed by atoms with E-state index in [0.717, 1.165) is 6.07 Å². The molecule has 0 aliphatic heterocycles. The molecule has 3 aromatic rings. The van der Waals surface area contributed by atoms with Crippen molar-refractivity contribution in [2.24, 2.45) is 0 Å². The highest BCUT2D eigenvalue weighted by Crippen LogP contribution is 2.22. The predicted molar refractivity (Wildman–Crippen MR) is 114 cm³/mol. The molecule has 0 aromatic heterocycles. The molecule has 0 atom stereocenters. The Morgan fingerprint density at radius 2 is 1.67 bits per heavy atom. The van der Waals surface area contributed by atoms with Gasteiger partial charge in [0, 0.05) is 27.7 Å². The second-order valence-corrected chi connectivity index (χ2v) is 6.93. The third-order valence-electron chi connectivity index (χ3n) is 4.02. The Balaban J connectivity index is 1.67. The summed E-state index contributed by atoms with van der Waals surface area (Å²) in [7, 11) is 0. The minimum atomic E-state index is -0.741. The fraction of sp³-hybridized carbons (Fsp3) is 0. The molecule has 0 bridgehead atoms. The average Bonchev–Trinajstić information content (AvgIpc) is 2.73. The molecule has 0 radical (unpaired) electrons. The molecule has 0 amide bonds. The van der Waals surface area contributed by atoms with Gasteiger partial charge in [0.1, 0.15) is 5.75 Å². The van der Waals surface area contributed by atoms with Crippen molar-refractivity contribution in [2.45, 2.75) is 0 Å². The van der Waals surface area contributed by atoms with Crippen LogP contribution in [-0.2, 0) is 0 Å². The van der Waals surface area contributed by atoms with Crippen molar-refractivity contribution in [3.63, 3.8) is 0 Å². The Labute approximate surface area is 181 Å². The summed E-state index contributed by atoms with van der Waals surface area (Å²) in [5, 5.41) is 11.7. The van der Waals surface area contributed by atoms with E-state index in [0.29, 0.717) is 21.2 Å². The number of non-ortho nitro benzene ring substituents is 1. The van der Waals surface area contributed by atoms with Crippen molar-refractivity contribution < 1.29 is 19.2 Å². The van der Waals surface area contributed by atoms with Gasteiger partial charge >= 0.3 is 5.97 Å². The van der Waals surface area contributed by atoms with E-state index in [1.165, 1.54) is 48.5 Å². The van der Waals surface area contributed by atoms with Gasteiger partial charge in [0.15, 0.2) is 5.78 Å². The van der Waals surface area contributed by atoms with Crippen LogP contribution in [0.5, 0.6) is 5.75 Å². The van der Waals surface area contributed by atoms with Gasteiger partial charge in [-0.2, -0.15) is 0 Å². The number of carbonyl (C=O) groups is 2. The number of benzene rings is 3. The van der Waals surface area contributed by atoms with E-state index in [9.17, 15) is 19.7 Å². The summed E-state index contributed by atoms with van der Waals surface area (Å²) in [6.45, 7) is 0. The second-order valence-electron chi connectivity index (χ2n) is 6.08. The zero-order valence-corrected chi connectivity index (χ0v) is 16.8. The molecule has 0 saturated heterocycles. The van der Waals surface area contributed by atoms with Gasteiger partial charge in [-0.25, -0.2) is 4.79 Å². The van der Waals surface area contributed by atoms with Crippen LogP contribution in [0.3, 0.4) is 0 Å². The van der Waals surface area contributed by atoms with Gasteiger partial charge in [-0.3, -0.25) is 14.9 Å². The lowest BCUT2D eigenvalue weighted by atomic mass is 10.1. The summed E-state index contributed by atoms with van der Waals surface area (Å²) >= 11 is 11.9. The van der Waals surface area contributed by atoms with Crippen LogP contribution < -0.4 is 4.74 Å². The standard InChI is InChI=1S/C22H13Cl2NO5/c23-17-8-4-14(20(24)13-17)7-11-21(26)15-5-9-19(10-6-15)30-22(27)16-2-1-3-18(12-16)25(28)29/h1-13H/b11-7+. The Morgan fingerprint density at radius 3 is 2.33 bits per heavy atom. The largest absolute Gasteiger partial charge is 0.423 e. The van der Waals surface area contributed by atoms with Gasteiger partial charge in [-0.1, -0.05) is 35.3 Å². The number of hydrogen-bond acceptors (Lipinski definition) is 5. The number of nitro benzene ring substituents is 1. The zero-order chi connectivity index (χ0) is 21.7. The number of carbonyl (C=O) groups excluding carboxylic acids is 2. The first kappa shape index (κ1) is 21.2. The molecule has 0 aliphatic carbocycles. The van der Waals surface area contributed by atoms with E-state index >= 15 is 0 Å². The molecule has 6 nitrogen and oxygen atoms in total. The van der Waals surface area contributed by atoms with E-state index in [1.807, 2.05) is 0 Å². The fourth-order valence-corrected chi connectivity index (χ4v) is 2.97. The van der Waals surface area contributed by atoms with Crippen LogP contribution in [-0.4, -0.2) is 16.7 Å². The third-order valence-corrected chi connectivity index (χ3v) is 4.58. The van der Waals surface area contributed by atoms with E-state index < -0.39 is 10.9 Å². The number of nitro groups is 1. The van der Waals surface area contributed by atoms with Crippen molar-refractivity contribution in [2.75, 3.05) is 0 Å². The molecular weight excluding hydrogens is 429 g/mol. The number of nitrogens with zero attached hydrogens (tertiary/aromatic N) is 1. The minimum absolute atomic E-state index is 0.0483. The molecule has 0 saturated carbocycles. The highest BCUT2D eigenvalue weighted by atomic mass is 35.5. The number of halogens is 2. The molecule has 150 valence electrons. The lowest BCUT2D eigenvalue weighted by Gasteiger charge is -2.05. The quantitative estimate of drug-likeness (QED) is 0.116. The summed E-state index contributed by atoms with van der Waals surface area (Å²) in [6.07, 6.45) is 2.95. The van der Waals surface area contributed by atoms with Gasteiger partial charge in [-0.05, 0) is 60.2 Å². The van der Waals surface area contributed by atoms with Gasteiger partial charge in [0.25, 0.3) is 5.69 Å². The van der Waals surface area contributed by atoms with Crippen molar-refractivity contribution in [3.8, 4) is 5.75 Å². The highest BCUT2D eigenvalue weighted by molar-refractivity contribution is 6.35. The smallest absolute Gasteiger partial charge is 0.343 e. The normalized spacial score (nSPS) is 10.7. The molecule has 8 heteroatoms. The number of ether oxygens (including phenoxy) is 1. The molecular formula is C22H13Cl2NO5. The lowest BCUT2D eigenvalue weighted by molar-refractivity contribution is -0.384. The van der Waals surface area contributed by atoms with Gasteiger partial charge < -0.3 is 4.74 Å². The first-order chi connectivity index (χ1) is 14.3. The van der Waals surface area contributed by atoms with Crippen molar-refractivity contribution in [1.82, 2.24) is 0 Å². The zero-order valence-electron chi connectivity index (χ0n) is 15.2. The molecule has 0 spiro atoms. The molecule has 0 unspecified atom stereocenters. The molecule has 3 aromatic carbocycles. The van der Waals surface area contributed by atoms with Crippen LogP contribution in [0, 0.1) is 10.1 Å². The van der Waals surface area contributed by atoms with Crippen molar-refractivity contribution in [1.29, 1.82) is 0 Å². The van der Waals surface area contributed by atoms with Crippen LogP contribution >= 0.6 is 23.2 Å². The Bertz CT molecular complexity index is 1160. The Hall–Kier alpha value is -3.48. The minimum Gasteiger partial charge on any atom is -0.423 e. The molecule has 0 fully saturated rings. The summed E-state index contributed by atoms with van der Waals surface area (Å²) in [5.74, 6) is -0.805. The first-order valence-corrected chi connectivity index (χ1v) is 9.33. The molecule has 30 heavy (non-hydrogen) atoms. The lowest BCUT2D eigenvalue weighted by Crippen LogP contribution is -2.09. The van der Waals surface area contributed by atoms with Gasteiger partial charge in [0.2, 0.25) is 0 Å². The summed E-state index contributed by atoms with van der Waals surface area (Å²) in [4.78, 5) is 34.7.